The highest BCUT2D eigenvalue weighted by Crippen LogP contribution is 2.43. The lowest BCUT2D eigenvalue weighted by Gasteiger charge is -1.77. The van der Waals surface area contributed by atoms with Crippen LogP contribution in [0.1, 0.15) is 0 Å². The fraction of sp³-hybridized carbons (Fsp3) is 0. The Labute approximate surface area is 53.5 Å². The van der Waals surface area contributed by atoms with Crippen molar-refractivity contribution in [1.29, 1.82) is 0 Å². The zero-order valence-electron chi connectivity index (χ0n) is 4.19. The second-order valence-electron chi connectivity index (χ2n) is 0.908. The third-order valence-electron chi connectivity index (χ3n) is 0. The average molecular weight is 202 g/mol. The summed E-state index contributed by atoms with van der Waals surface area (Å²) < 4.78 is 47.7. The fourth-order valence-corrected chi connectivity index (χ4v) is 0. The Hall–Kier alpha value is 0.130. The topological polar surface area (TPSA) is 94.8 Å². The summed E-state index contributed by atoms with van der Waals surface area (Å²) in [4.78, 5) is 20.7. The molecular weight excluding hydrogens is 199 g/mol. The van der Waals surface area contributed by atoms with Crippen LogP contribution in [0.3, 0.4) is 0 Å². The van der Waals surface area contributed by atoms with Gasteiger partial charge >= 0.3 is 15.9 Å². The van der Waals surface area contributed by atoms with Gasteiger partial charge in [-0.2, -0.15) is 0 Å². The third-order valence-corrected chi connectivity index (χ3v) is 0. The van der Waals surface area contributed by atoms with Gasteiger partial charge in [-0.15, -0.1) is 12.6 Å². The van der Waals surface area contributed by atoms with Gasteiger partial charge in [0.1, 0.15) is 0 Å². The summed E-state index contributed by atoms with van der Waals surface area (Å²) in [5.74, 6) is 0. The van der Waals surface area contributed by atoms with Crippen molar-refractivity contribution in [3.8, 4) is 0 Å². The summed E-state index contributed by atoms with van der Waals surface area (Å²) in [6.45, 7) is 0. The molecule has 0 fully saturated rings. The summed E-state index contributed by atoms with van der Waals surface area (Å²) in [6, 6.07) is 0. The highest BCUT2D eigenvalue weighted by molar-refractivity contribution is 7.46. The molecule has 0 aliphatic rings. The van der Waals surface area contributed by atoms with Crippen molar-refractivity contribution in [2.45, 2.75) is 0 Å². The van der Waals surface area contributed by atoms with Gasteiger partial charge in [-0.3, -0.25) is 14.7 Å². The summed E-state index contributed by atoms with van der Waals surface area (Å²) in [5.41, 5.74) is 0. The van der Waals surface area contributed by atoms with Crippen molar-refractivity contribution in [2.75, 3.05) is 0 Å². The van der Waals surface area contributed by atoms with Gasteiger partial charge in [0.05, 0.1) is 0 Å². The second-order valence-corrected chi connectivity index (χ2v) is 2.72. The zero-order chi connectivity index (χ0) is 9.00. The van der Waals surface area contributed by atoms with Crippen molar-refractivity contribution < 1.29 is 36.4 Å². The van der Waals surface area contributed by atoms with Crippen molar-refractivity contribution in [1.82, 2.24) is 0 Å². The Morgan fingerprint density at radius 1 is 0.900 bits per heavy atom. The first kappa shape index (κ1) is 12.8. The lowest BCUT2D eigenvalue weighted by molar-refractivity contribution is 0.322. The molecule has 10 heteroatoms. The van der Waals surface area contributed by atoms with E-state index in [4.69, 9.17) is 23.8 Å². The Balaban J connectivity index is 0. The number of hydrogen-bond acceptors (Lipinski definition) is 2. The SMILES string of the molecule is O=P(O)(F)F.O=P(O)(O)F. The van der Waals surface area contributed by atoms with Crippen molar-refractivity contribution in [3.05, 3.63) is 0 Å². The van der Waals surface area contributed by atoms with E-state index in [1.807, 2.05) is 0 Å². The van der Waals surface area contributed by atoms with E-state index in [1.54, 1.807) is 0 Å². The van der Waals surface area contributed by atoms with Crippen molar-refractivity contribution >= 4 is 15.9 Å². The van der Waals surface area contributed by atoms with Gasteiger partial charge in [0, 0.05) is 0 Å². The molecule has 0 aromatic carbocycles. The van der Waals surface area contributed by atoms with Crippen LogP contribution in [0.2, 0.25) is 0 Å². The molecule has 0 amide bonds. The van der Waals surface area contributed by atoms with Gasteiger partial charge < -0.3 is 0 Å². The summed E-state index contributed by atoms with van der Waals surface area (Å²) in [5, 5.41) is 0. The highest BCUT2D eigenvalue weighted by atomic mass is 31.2. The van der Waals surface area contributed by atoms with Crippen LogP contribution in [-0.4, -0.2) is 14.7 Å². The molecule has 0 saturated carbocycles. The molecule has 0 spiro atoms. The maximum atomic E-state index is 10.4. The minimum absolute atomic E-state index is 5.14. The lowest BCUT2D eigenvalue weighted by atomic mass is 15.8. The van der Waals surface area contributed by atoms with E-state index in [-0.39, 0.29) is 0 Å². The minimum Gasteiger partial charge on any atom is -0.299 e. The van der Waals surface area contributed by atoms with Gasteiger partial charge in [-0.25, -0.2) is 9.13 Å². The standard InChI is InChI=1S/F2HO2P.FH2O3P/c2*1-5(2,3)4/h(H,3,4);(H2,2,3,4). The van der Waals surface area contributed by atoms with E-state index in [0.717, 1.165) is 0 Å². The maximum absolute atomic E-state index is 10.4. The van der Waals surface area contributed by atoms with Crippen molar-refractivity contribution in [3.63, 3.8) is 0 Å². The quantitative estimate of drug-likeness (QED) is 0.510. The Kier molecular flexibility index (Phi) is 5.24. The molecule has 0 saturated heterocycles. The number of rotatable bonds is 0. The van der Waals surface area contributed by atoms with E-state index >= 15 is 0 Å². The van der Waals surface area contributed by atoms with E-state index in [0.29, 0.717) is 0 Å². The normalized spacial score (nSPS) is 11.8. The van der Waals surface area contributed by atoms with Crippen molar-refractivity contribution in [2.24, 2.45) is 0 Å². The largest absolute Gasteiger partial charge is 0.549 e. The molecule has 0 atom stereocenters. The molecule has 3 N–H and O–H groups in total. The minimum atomic E-state index is -5.64. The van der Waals surface area contributed by atoms with Crippen LogP contribution >= 0.6 is 15.9 Å². The molecule has 10 heavy (non-hydrogen) atoms. The van der Waals surface area contributed by atoms with Crippen LogP contribution in [-0.2, 0) is 9.13 Å². The predicted molar refractivity (Wildman–Crippen MR) is 25.2 cm³/mol. The van der Waals surface area contributed by atoms with Crippen LogP contribution in [0.25, 0.3) is 0 Å². The molecule has 0 aromatic rings. The number of halogens is 3. The van der Waals surface area contributed by atoms with Crippen LogP contribution in [0.4, 0.5) is 12.6 Å². The highest BCUT2D eigenvalue weighted by Gasteiger charge is 2.09. The molecule has 0 unspecified atom stereocenters. The van der Waals surface area contributed by atoms with E-state index in [1.165, 1.54) is 0 Å². The summed E-state index contributed by atoms with van der Waals surface area (Å²) >= 11 is 0. The van der Waals surface area contributed by atoms with E-state index in [9.17, 15) is 12.6 Å². The Bertz CT molecular complexity index is 127. The Morgan fingerprint density at radius 2 is 0.900 bits per heavy atom. The van der Waals surface area contributed by atoms with Gasteiger partial charge in [-0.05, 0) is 0 Å². The monoisotopic (exact) mass is 202 g/mol. The van der Waals surface area contributed by atoms with Crippen LogP contribution in [0.5, 0.6) is 0 Å². The smallest absolute Gasteiger partial charge is 0.299 e. The predicted octanol–water partition coefficient (Wildman–Crippen LogP) is 1.07. The second kappa shape index (κ2) is 4.10. The van der Waals surface area contributed by atoms with E-state index in [2.05, 4.69) is 0 Å². The van der Waals surface area contributed by atoms with Crippen LogP contribution in [0.15, 0.2) is 0 Å². The molecule has 0 aromatic heterocycles. The molecule has 0 bridgehead atoms. The molecule has 0 aliphatic carbocycles. The first-order chi connectivity index (χ1) is 4.00. The van der Waals surface area contributed by atoms with E-state index < -0.39 is 15.9 Å². The molecule has 5 nitrogen and oxygen atoms in total. The van der Waals surface area contributed by atoms with Crippen LogP contribution in [0, 0.1) is 0 Å². The zero-order valence-corrected chi connectivity index (χ0v) is 5.98. The van der Waals surface area contributed by atoms with Gasteiger partial charge in [0.25, 0.3) is 0 Å². The molecular formula is H3F3O5P2. The van der Waals surface area contributed by atoms with Gasteiger partial charge in [-0.1, -0.05) is 0 Å². The van der Waals surface area contributed by atoms with Gasteiger partial charge in [0.15, 0.2) is 0 Å². The summed E-state index contributed by atoms with van der Waals surface area (Å²) in [7, 11) is -10.8. The third kappa shape index (κ3) is 24500. The maximum Gasteiger partial charge on any atom is 0.549 e. The lowest BCUT2D eigenvalue weighted by Crippen LogP contribution is -1.56. The average Bonchev–Trinajstić information content (AvgIpc) is 1.12. The number of hydrogen-bond donors (Lipinski definition) is 3. The molecule has 0 radical (unpaired) electrons. The van der Waals surface area contributed by atoms with Crippen LogP contribution < -0.4 is 0 Å². The summed E-state index contributed by atoms with van der Waals surface area (Å²) in [6.07, 6.45) is 0. The Morgan fingerprint density at radius 3 is 0.900 bits per heavy atom. The fourth-order valence-electron chi connectivity index (χ4n) is 0. The molecule has 0 rings (SSSR count). The van der Waals surface area contributed by atoms with Gasteiger partial charge in [0.2, 0.25) is 0 Å². The first-order valence-electron chi connectivity index (χ1n) is 1.47. The first-order valence-corrected chi connectivity index (χ1v) is 4.42. The molecule has 0 heterocycles. The molecule has 64 valence electrons. The molecule has 0 aliphatic heterocycles.